The first kappa shape index (κ1) is 18.5. The summed E-state index contributed by atoms with van der Waals surface area (Å²) in [4.78, 5) is 33.4. The van der Waals surface area contributed by atoms with Gasteiger partial charge in [-0.3, -0.25) is 9.59 Å². The van der Waals surface area contributed by atoms with E-state index < -0.39 is 5.25 Å². The summed E-state index contributed by atoms with van der Waals surface area (Å²) in [5.41, 5.74) is 0.512. The number of aryl methyl sites for hydroxylation is 1. The number of carbonyl (C=O) groups excluding carboxylic acids is 1. The molecule has 2 heterocycles. The van der Waals surface area contributed by atoms with Gasteiger partial charge in [-0.1, -0.05) is 11.8 Å². The zero-order valence-electron chi connectivity index (χ0n) is 14.7. The number of fused-ring (bicyclic) bond motifs is 1. The highest BCUT2D eigenvalue weighted by atomic mass is 32.2. The molecule has 1 unspecified atom stereocenters. The minimum absolute atomic E-state index is 0.163. The lowest BCUT2D eigenvalue weighted by atomic mass is 10.3. The number of nitrogens with one attached hydrogen (secondary N) is 2. The predicted octanol–water partition coefficient (Wildman–Crippen LogP) is 3.81. The number of thioether (sulfide) groups is 1. The van der Waals surface area contributed by atoms with Crippen molar-refractivity contribution in [1.29, 1.82) is 0 Å². The molecule has 0 spiro atoms. The number of hydrogen-bond donors (Lipinski definition) is 2. The van der Waals surface area contributed by atoms with Crippen LogP contribution in [0.2, 0.25) is 0 Å². The highest BCUT2D eigenvalue weighted by Crippen LogP contribution is 2.25. The monoisotopic (exact) mass is 389 g/mol. The summed E-state index contributed by atoms with van der Waals surface area (Å²) in [7, 11) is 0. The molecular weight excluding hydrogens is 370 g/mol. The average molecular weight is 390 g/mol. The Balaban J connectivity index is 1.68. The van der Waals surface area contributed by atoms with E-state index in [0.29, 0.717) is 27.7 Å². The maximum absolute atomic E-state index is 12.4. The summed E-state index contributed by atoms with van der Waals surface area (Å²) >= 11 is 2.69. The third-order valence-electron chi connectivity index (χ3n) is 3.59. The molecule has 0 aliphatic heterocycles. The van der Waals surface area contributed by atoms with Crippen molar-refractivity contribution in [2.75, 3.05) is 11.9 Å². The molecule has 0 aliphatic carbocycles. The minimum atomic E-state index is -0.414. The van der Waals surface area contributed by atoms with Crippen LogP contribution in [0.4, 0.5) is 5.69 Å². The standard InChI is InChI=1S/C18H19N3O3S2/c1-4-24-13-7-5-12(6-8-13)19-15(22)11(3)26-18-20-16(23)14-9-10(2)25-17(14)21-18/h5-9,11H,4H2,1-3H3,(H,19,22)(H,20,21,23). The topological polar surface area (TPSA) is 84.1 Å². The molecule has 2 N–H and O–H groups in total. The first-order chi connectivity index (χ1) is 12.5. The number of amides is 1. The highest BCUT2D eigenvalue weighted by Gasteiger charge is 2.17. The summed E-state index contributed by atoms with van der Waals surface area (Å²) in [6, 6.07) is 9.02. The summed E-state index contributed by atoms with van der Waals surface area (Å²) in [6.45, 7) is 6.23. The van der Waals surface area contributed by atoms with Crippen molar-refractivity contribution in [2.24, 2.45) is 0 Å². The molecule has 6 nitrogen and oxygen atoms in total. The second kappa shape index (κ2) is 7.92. The van der Waals surface area contributed by atoms with Crippen LogP contribution in [-0.2, 0) is 4.79 Å². The lowest BCUT2D eigenvalue weighted by Crippen LogP contribution is -2.23. The molecule has 1 amide bonds. The van der Waals surface area contributed by atoms with E-state index in [1.54, 1.807) is 19.1 Å². The number of anilines is 1. The van der Waals surface area contributed by atoms with Gasteiger partial charge in [0.15, 0.2) is 5.16 Å². The highest BCUT2D eigenvalue weighted by molar-refractivity contribution is 8.00. The summed E-state index contributed by atoms with van der Waals surface area (Å²) < 4.78 is 5.38. The van der Waals surface area contributed by atoms with Crippen LogP contribution in [0, 0.1) is 6.92 Å². The number of nitrogens with zero attached hydrogens (tertiary/aromatic N) is 1. The van der Waals surface area contributed by atoms with Gasteiger partial charge in [0, 0.05) is 10.6 Å². The van der Waals surface area contributed by atoms with Crippen LogP contribution in [0.1, 0.15) is 18.7 Å². The molecule has 136 valence electrons. The third kappa shape index (κ3) is 4.25. The van der Waals surface area contributed by atoms with E-state index in [1.807, 2.05) is 32.0 Å². The lowest BCUT2D eigenvalue weighted by Gasteiger charge is -2.12. The Morgan fingerprint density at radius 3 is 2.81 bits per heavy atom. The number of aromatic amines is 1. The SMILES string of the molecule is CCOc1ccc(NC(=O)C(C)Sc2nc3sc(C)cc3c(=O)[nH]2)cc1. The molecule has 26 heavy (non-hydrogen) atoms. The molecule has 8 heteroatoms. The van der Waals surface area contributed by atoms with Crippen LogP contribution < -0.4 is 15.6 Å². The Morgan fingerprint density at radius 2 is 2.12 bits per heavy atom. The zero-order valence-corrected chi connectivity index (χ0v) is 16.3. The van der Waals surface area contributed by atoms with Gasteiger partial charge in [-0.2, -0.15) is 0 Å². The van der Waals surface area contributed by atoms with Crippen molar-refractivity contribution in [1.82, 2.24) is 9.97 Å². The third-order valence-corrected chi connectivity index (χ3v) is 5.52. The van der Waals surface area contributed by atoms with Crippen molar-refractivity contribution in [3.63, 3.8) is 0 Å². The molecule has 3 aromatic rings. The molecule has 0 saturated carbocycles. The van der Waals surface area contributed by atoms with Crippen LogP contribution in [0.5, 0.6) is 5.75 Å². The van der Waals surface area contributed by atoms with Crippen LogP contribution >= 0.6 is 23.1 Å². The Kier molecular flexibility index (Phi) is 5.63. The van der Waals surface area contributed by atoms with E-state index in [2.05, 4.69) is 15.3 Å². The van der Waals surface area contributed by atoms with Crippen LogP contribution in [-0.4, -0.2) is 27.7 Å². The second-order valence-electron chi connectivity index (χ2n) is 5.65. The molecular formula is C18H19N3O3S2. The Bertz CT molecular complexity index is 980. The van der Waals surface area contributed by atoms with Gasteiger partial charge in [-0.05, 0) is 51.1 Å². The Hall–Kier alpha value is -2.32. The maximum atomic E-state index is 12.4. The molecule has 0 aliphatic rings. The van der Waals surface area contributed by atoms with Crippen molar-refractivity contribution in [3.8, 4) is 5.75 Å². The summed E-state index contributed by atoms with van der Waals surface area (Å²) in [5, 5.41) is 3.47. The van der Waals surface area contributed by atoms with Crippen molar-refractivity contribution >= 4 is 44.9 Å². The predicted molar refractivity (Wildman–Crippen MR) is 107 cm³/mol. The zero-order chi connectivity index (χ0) is 18.7. The molecule has 3 rings (SSSR count). The van der Waals surface area contributed by atoms with E-state index in [9.17, 15) is 9.59 Å². The molecule has 2 aromatic heterocycles. The van der Waals surface area contributed by atoms with Crippen molar-refractivity contribution in [2.45, 2.75) is 31.2 Å². The molecule has 1 aromatic carbocycles. The van der Waals surface area contributed by atoms with Gasteiger partial charge in [-0.15, -0.1) is 11.3 Å². The number of rotatable bonds is 6. The van der Waals surface area contributed by atoms with Gasteiger partial charge >= 0.3 is 0 Å². The van der Waals surface area contributed by atoms with E-state index in [1.165, 1.54) is 23.1 Å². The first-order valence-corrected chi connectivity index (χ1v) is 9.86. The number of hydrogen-bond acceptors (Lipinski definition) is 6. The molecule has 0 fully saturated rings. The van der Waals surface area contributed by atoms with E-state index >= 15 is 0 Å². The average Bonchev–Trinajstić information content (AvgIpc) is 2.97. The van der Waals surface area contributed by atoms with Crippen molar-refractivity contribution < 1.29 is 9.53 Å². The number of ether oxygens (including phenoxy) is 1. The van der Waals surface area contributed by atoms with Crippen LogP contribution in [0.3, 0.4) is 0 Å². The number of benzene rings is 1. The minimum Gasteiger partial charge on any atom is -0.494 e. The quantitative estimate of drug-likeness (QED) is 0.495. The van der Waals surface area contributed by atoms with Crippen molar-refractivity contribution in [3.05, 3.63) is 45.6 Å². The smallest absolute Gasteiger partial charge is 0.260 e. The van der Waals surface area contributed by atoms with Gasteiger partial charge in [0.2, 0.25) is 5.91 Å². The summed E-state index contributed by atoms with van der Waals surface area (Å²) in [5.74, 6) is 0.596. The largest absolute Gasteiger partial charge is 0.494 e. The van der Waals surface area contributed by atoms with E-state index in [-0.39, 0.29) is 11.5 Å². The molecule has 0 radical (unpaired) electrons. The fraction of sp³-hybridized carbons (Fsp3) is 0.278. The maximum Gasteiger partial charge on any atom is 0.260 e. The number of aromatic nitrogens is 2. The summed E-state index contributed by atoms with van der Waals surface area (Å²) in [6.07, 6.45) is 0. The fourth-order valence-corrected chi connectivity index (χ4v) is 4.09. The fourth-order valence-electron chi connectivity index (χ4n) is 2.35. The van der Waals surface area contributed by atoms with E-state index in [4.69, 9.17) is 4.74 Å². The van der Waals surface area contributed by atoms with Crippen LogP contribution in [0.15, 0.2) is 40.3 Å². The second-order valence-corrected chi connectivity index (χ2v) is 8.22. The van der Waals surface area contributed by atoms with E-state index in [0.717, 1.165) is 10.6 Å². The normalized spacial score (nSPS) is 12.1. The molecule has 0 saturated heterocycles. The number of thiophene rings is 1. The van der Waals surface area contributed by atoms with Gasteiger partial charge in [0.25, 0.3) is 5.56 Å². The molecule has 0 bridgehead atoms. The number of carbonyl (C=O) groups is 1. The molecule has 1 atom stereocenters. The first-order valence-electron chi connectivity index (χ1n) is 8.17. The lowest BCUT2D eigenvalue weighted by molar-refractivity contribution is -0.115. The Morgan fingerprint density at radius 1 is 1.38 bits per heavy atom. The number of H-pyrrole nitrogens is 1. The van der Waals surface area contributed by atoms with Gasteiger partial charge < -0.3 is 15.0 Å². The van der Waals surface area contributed by atoms with Gasteiger partial charge in [-0.25, -0.2) is 4.98 Å². The van der Waals surface area contributed by atoms with Crippen LogP contribution in [0.25, 0.3) is 10.2 Å². The Labute approximate surface area is 159 Å². The van der Waals surface area contributed by atoms with Gasteiger partial charge in [0.1, 0.15) is 10.6 Å². The van der Waals surface area contributed by atoms with Gasteiger partial charge in [0.05, 0.1) is 17.2 Å².